The van der Waals surface area contributed by atoms with Crippen molar-refractivity contribution in [3.8, 4) is 11.5 Å². The lowest BCUT2D eigenvalue weighted by molar-refractivity contribution is 0.261. The SMILES string of the molecule is CC(C)(C)c1ccc2c(c1)Nc1nc(=O)n(C3CCC(CNCCCNC(=N)N)CC3)cc1O2. The Balaban J connectivity index is 1.33. The number of guanidine groups is 1. The van der Waals surface area contributed by atoms with E-state index in [1.165, 1.54) is 5.56 Å². The molecule has 4 rings (SSSR count). The number of ether oxygens (including phenoxy) is 1. The second-order valence-electron chi connectivity index (χ2n) is 10.4. The summed E-state index contributed by atoms with van der Waals surface area (Å²) in [6, 6.07) is 6.29. The molecule has 0 unspecified atom stereocenters. The molecule has 2 aliphatic rings. The molecular formula is C25H37N7O2. The molecule has 0 atom stereocenters. The maximum atomic E-state index is 12.8. The molecule has 0 amide bonds. The summed E-state index contributed by atoms with van der Waals surface area (Å²) in [6.07, 6.45) is 6.81. The first-order chi connectivity index (χ1) is 16.2. The molecule has 0 spiro atoms. The van der Waals surface area contributed by atoms with Gasteiger partial charge in [-0.15, -0.1) is 0 Å². The molecule has 1 fully saturated rings. The predicted octanol–water partition coefficient (Wildman–Crippen LogP) is 3.58. The topological polar surface area (TPSA) is 130 Å². The van der Waals surface area contributed by atoms with Gasteiger partial charge in [0, 0.05) is 12.6 Å². The minimum atomic E-state index is -0.232. The number of hydrogen-bond donors (Lipinski definition) is 5. The lowest BCUT2D eigenvalue weighted by Gasteiger charge is -2.31. The number of fused-ring (bicyclic) bond motifs is 2. The van der Waals surface area contributed by atoms with Gasteiger partial charge in [0.15, 0.2) is 23.3 Å². The maximum Gasteiger partial charge on any atom is 0.350 e. The van der Waals surface area contributed by atoms with E-state index in [0.717, 1.165) is 56.6 Å². The molecule has 1 saturated carbocycles. The van der Waals surface area contributed by atoms with E-state index in [1.807, 2.05) is 12.3 Å². The van der Waals surface area contributed by atoms with Gasteiger partial charge in [0.05, 0.1) is 11.9 Å². The van der Waals surface area contributed by atoms with E-state index in [-0.39, 0.29) is 23.1 Å². The summed E-state index contributed by atoms with van der Waals surface area (Å²) >= 11 is 0. The fraction of sp³-hybridized carbons (Fsp3) is 0.560. The van der Waals surface area contributed by atoms with Gasteiger partial charge in [-0.25, -0.2) is 4.79 Å². The van der Waals surface area contributed by atoms with Crippen molar-refractivity contribution < 1.29 is 4.74 Å². The highest BCUT2D eigenvalue weighted by molar-refractivity contribution is 5.74. The Kier molecular flexibility index (Phi) is 7.11. The molecule has 9 heteroatoms. The molecule has 0 saturated heterocycles. The minimum Gasteiger partial charge on any atom is -0.450 e. The van der Waals surface area contributed by atoms with Crippen molar-refractivity contribution in [3.63, 3.8) is 0 Å². The molecule has 1 aliphatic carbocycles. The van der Waals surface area contributed by atoms with Gasteiger partial charge >= 0.3 is 5.69 Å². The van der Waals surface area contributed by atoms with Gasteiger partial charge < -0.3 is 26.4 Å². The number of hydrogen-bond acceptors (Lipinski definition) is 6. The van der Waals surface area contributed by atoms with Crippen molar-refractivity contribution >= 4 is 17.5 Å². The summed E-state index contributed by atoms with van der Waals surface area (Å²) in [4.78, 5) is 17.2. The molecular weight excluding hydrogens is 430 g/mol. The molecule has 1 aromatic heterocycles. The number of nitrogens with zero attached hydrogens (tertiary/aromatic N) is 2. The highest BCUT2D eigenvalue weighted by Gasteiger charge is 2.27. The van der Waals surface area contributed by atoms with Crippen LogP contribution in [0.2, 0.25) is 0 Å². The van der Waals surface area contributed by atoms with Crippen LogP contribution >= 0.6 is 0 Å². The molecule has 1 aromatic carbocycles. The van der Waals surface area contributed by atoms with E-state index in [4.69, 9.17) is 15.9 Å². The van der Waals surface area contributed by atoms with E-state index in [9.17, 15) is 4.79 Å². The smallest absolute Gasteiger partial charge is 0.350 e. The number of benzene rings is 1. The Morgan fingerprint density at radius 3 is 2.71 bits per heavy atom. The van der Waals surface area contributed by atoms with Crippen LogP contribution in [0.15, 0.2) is 29.2 Å². The van der Waals surface area contributed by atoms with Gasteiger partial charge in [0.1, 0.15) is 0 Å². The second kappa shape index (κ2) is 10.0. The molecule has 6 N–H and O–H groups in total. The quantitative estimate of drug-likeness (QED) is 0.204. The molecule has 2 aromatic rings. The van der Waals surface area contributed by atoms with Crippen molar-refractivity contribution in [1.29, 1.82) is 5.41 Å². The Morgan fingerprint density at radius 1 is 1.24 bits per heavy atom. The molecule has 184 valence electrons. The van der Waals surface area contributed by atoms with Crippen LogP contribution in [0, 0.1) is 11.3 Å². The largest absolute Gasteiger partial charge is 0.450 e. The first kappa shape index (κ1) is 24.1. The van der Waals surface area contributed by atoms with Crippen LogP contribution in [0.3, 0.4) is 0 Å². The normalized spacial score (nSPS) is 19.4. The van der Waals surface area contributed by atoms with E-state index >= 15 is 0 Å². The van der Waals surface area contributed by atoms with Gasteiger partial charge in [-0.1, -0.05) is 26.8 Å². The lowest BCUT2D eigenvalue weighted by atomic mass is 9.86. The van der Waals surface area contributed by atoms with Crippen molar-refractivity contribution in [2.45, 2.75) is 64.3 Å². The third-order valence-corrected chi connectivity index (χ3v) is 6.73. The van der Waals surface area contributed by atoms with E-state index in [1.54, 1.807) is 4.57 Å². The van der Waals surface area contributed by atoms with Gasteiger partial charge in [-0.2, -0.15) is 4.98 Å². The number of nitrogens with two attached hydrogens (primary N) is 1. The summed E-state index contributed by atoms with van der Waals surface area (Å²) in [5.41, 5.74) is 7.11. The molecule has 0 radical (unpaired) electrons. The molecule has 34 heavy (non-hydrogen) atoms. The Hall–Kier alpha value is -3.07. The first-order valence-electron chi connectivity index (χ1n) is 12.2. The van der Waals surface area contributed by atoms with Crippen LogP contribution in [-0.4, -0.2) is 35.1 Å². The minimum absolute atomic E-state index is 0.0188. The molecule has 1 aliphatic heterocycles. The van der Waals surface area contributed by atoms with E-state index in [2.05, 4.69) is 53.8 Å². The second-order valence-corrected chi connectivity index (χ2v) is 10.4. The predicted molar refractivity (Wildman–Crippen MR) is 135 cm³/mol. The average Bonchev–Trinajstić information content (AvgIpc) is 2.79. The van der Waals surface area contributed by atoms with Crippen LogP contribution in [0.1, 0.15) is 64.5 Å². The fourth-order valence-corrected chi connectivity index (χ4v) is 4.68. The molecule has 2 heterocycles. The Bertz CT molecular complexity index is 1080. The van der Waals surface area contributed by atoms with Gasteiger partial charge in [-0.05, 0) is 74.2 Å². The van der Waals surface area contributed by atoms with E-state index in [0.29, 0.717) is 24.0 Å². The zero-order valence-corrected chi connectivity index (χ0v) is 20.4. The highest BCUT2D eigenvalue weighted by Crippen LogP contribution is 2.42. The van der Waals surface area contributed by atoms with Crippen molar-refractivity contribution in [3.05, 3.63) is 40.4 Å². The summed E-state index contributed by atoms with van der Waals surface area (Å²) < 4.78 is 7.89. The monoisotopic (exact) mass is 467 g/mol. The average molecular weight is 468 g/mol. The van der Waals surface area contributed by atoms with Crippen LogP contribution in [0.25, 0.3) is 0 Å². The van der Waals surface area contributed by atoms with Crippen LogP contribution in [0.4, 0.5) is 11.5 Å². The third-order valence-electron chi connectivity index (χ3n) is 6.73. The zero-order valence-electron chi connectivity index (χ0n) is 20.4. The number of rotatable bonds is 7. The standard InChI is InChI=1S/C25H37N7O2/c1-25(2,3)17-7-10-20-19(13-17)30-22-21(34-20)15-32(24(33)31-22)18-8-5-16(6-9-18)14-28-11-4-12-29-23(26)27/h7,10,13,15-16,18,28H,4-6,8-9,11-12,14H2,1-3H3,(H4,26,27,29)(H,30,31,33). The summed E-state index contributed by atoms with van der Waals surface area (Å²) in [5.74, 6) is 2.46. The summed E-state index contributed by atoms with van der Waals surface area (Å²) in [7, 11) is 0. The van der Waals surface area contributed by atoms with Gasteiger partial charge in [0.25, 0.3) is 0 Å². The zero-order chi connectivity index (χ0) is 24.3. The number of anilines is 2. The summed E-state index contributed by atoms with van der Waals surface area (Å²) in [5, 5.41) is 16.8. The van der Waals surface area contributed by atoms with Crippen molar-refractivity contribution in [2.75, 3.05) is 25.0 Å². The Labute approximate surface area is 201 Å². The molecule has 0 bridgehead atoms. The van der Waals surface area contributed by atoms with E-state index < -0.39 is 0 Å². The number of nitrogens with one attached hydrogen (secondary N) is 4. The lowest BCUT2D eigenvalue weighted by Crippen LogP contribution is -2.34. The van der Waals surface area contributed by atoms with Crippen LogP contribution in [-0.2, 0) is 5.41 Å². The van der Waals surface area contributed by atoms with Gasteiger partial charge in [0.2, 0.25) is 0 Å². The number of aromatic nitrogens is 2. The first-order valence-corrected chi connectivity index (χ1v) is 12.2. The van der Waals surface area contributed by atoms with Crippen molar-refractivity contribution in [2.24, 2.45) is 11.7 Å². The summed E-state index contributed by atoms with van der Waals surface area (Å²) in [6.45, 7) is 9.09. The van der Waals surface area contributed by atoms with Crippen LogP contribution < -0.4 is 32.1 Å². The highest BCUT2D eigenvalue weighted by atomic mass is 16.5. The maximum absolute atomic E-state index is 12.8. The van der Waals surface area contributed by atoms with Crippen molar-refractivity contribution in [1.82, 2.24) is 20.2 Å². The van der Waals surface area contributed by atoms with Gasteiger partial charge in [-0.3, -0.25) is 9.98 Å². The Morgan fingerprint density at radius 2 is 2.00 bits per heavy atom. The molecule has 9 nitrogen and oxygen atoms in total. The third kappa shape index (κ3) is 5.70. The fourth-order valence-electron chi connectivity index (χ4n) is 4.68. The van der Waals surface area contributed by atoms with Crippen LogP contribution in [0.5, 0.6) is 11.5 Å².